The maximum Gasteiger partial charge on any atom is 0.331 e. The van der Waals surface area contributed by atoms with Crippen molar-refractivity contribution in [1.29, 1.82) is 0 Å². The highest BCUT2D eigenvalue weighted by Crippen LogP contribution is 2.14. The third-order valence-electron chi connectivity index (χ3n) is 2.96. The number of benzene rings is 1. The zero-order valence-electron chi connectivity index (χ0n) is 13.0. The van der Waals surface area contributed by atoms with Crippen LogP contribution >= 0.6 is 0 Å². The van der Waals surface area contributed by atoms with Crippen LogP contribution in [0.15, 0.2) is 66.9 Å². The minimum atomic E-state index is -0.362. The van der Waals surface area contributed by atoms with E-state index in [1.807, 2.05) is 55.5 Å². The zero-order chi connectivity index (χ0) is 16.3. The van der Waals surface area contributed by atoms with E-state index in [1.165, 1.54) is 6.08 Å². The van der Waals surface area contributed by atoms with Crippen LogP contribution in [0.5, 0.6) is 5.75 Å². The third-order valence-corrected chi connectivity index (χ3v) is 2.96. The van der Waals surface area contributed by atoms with E-state index >= 15 is 0 Å². The summed E-state index contributed by atoms with van der Waals surface area (Å²) in [6.07, 6.45) is 8.47. The van der Waals surface area contributed by atoms with Crippen molar-refractivity contribution in [2.75, 3.05) is 6.61 Å². The Hall–Kier alpha value is -2.88. The molecule has 1 aromatic heterocycles. The Balaban J connectivity index is 1.83. The summed E-state index contributed by atoms with van der Waals surface area (Å²) in [5, 5.41) is 0. The van der Waals surface area contributed by atoms with Crippen LogP contribution in [-0.4, -0.2) is 17.6 Å². The van der Waals surface area contributed by atoms with Crippen molar-refractivity contribution in [3.63, 3.8) is 0 Å². The summed E-state index contributed by atoms with van der Waals surface area (Å²) in [5.74, 6) is 0.391. The molecule has 2 aromatic rings. The molecule has 0 N–H and O–H groups in total. The summed E-state index contributed by atoms with van der Waals surface area (Å²) < 4.78 is 10.6. The fraction of sp³-hybridized carbons (Fsp3) is 0.158. The van der Waals surface area contributed by atoms with Crippen LogP contribution in [0.4, 0.5) is 0 Å². The second kappa shape index (κ2) is 9.20. The van der Waals surface area contributed by atoms with E-state index in [4.69, 9.17) is 9.47 Å². The molecule has 0 amide bonds. The van der Waals surface area contributed by atoms with Gasteiger partial charge in [-0.3, -0.25) is 4.98 Å². The van der Waals surface area contributed by atoms with Crippen LogP contribution in [0.2, 0.25) is 0 Å². The summed E-state index contributed by atoms with van der Waals surface area (Å²) in [6.45, 7) is 2.59. The molecule has 23 heavy (non-hydrogen) atoms. The number of pyridine rings is 1. The molecule has 0 atom stereocenters. The van der Waals surface area contributed by atoms with Gasteiger partial charge in [-0.15, -0.1) is 0 Å². The van der Waals surface area contributed by atoms with Crippen LogP contribution < -0.4 is 4.74 Å². The van der Waals surface area contributed by atoms with Crippen LogP contribution in [0.25, 0.3) is 6.08 Å². The van der Waals surface area contributed by atoms with E-state index in [0.29, 0.717) is 13.2 Å². The molecule has 118 valence electrons. The average Bonchev–Trinajstić information content (AvgIpc) is 2.60. The fourth-order valence-corrected chi connectivity index (χ4v) is 1.75. The summed E-state index contributed by atoms with van der Waals surface area (Å²) in [6, 6.07) is 13.2. The highest BCUT2D eigenvalue weighted by Gasteiger charge is 1.98. The smallest absolute Gasteiger partial charge is 0.331 e. The first kappa shape index (κ1) is 16.5. The number of carbonyl (C=O) groups excluding carboxylic acids is 1. The Bertz CT molecular complexity index is 661. The summed E-state index contributed by atoms with van der Waals surface area (Å²) in [4.78, 5) is 15.6. The second-order valence-corrected chi connectivity index (χ2v) is 4.71. The first-order valence-corrected chi connectivity index (χ1v) is 7.36. The predicted molar refractivity (Wildman–Crippen MR) is 89.8 cm³/mol. The lowest BCUT2D eigenvalue weighted by Crippen LogP contribution is -1.99. The van der Waals surface area contributed by atoms with Crippen LogP contribution in [-0.2, 0) is 16.1 Å². The highest BCUT2D eigenvalue weighted by molar-refractivity contribution is 5.87. The van der Waals surface area contributed by atoms with Crippen molar-refractivity contribution >= 4 is 12.0 Å². The van der Waals surface area contributed by atoms with Crippen molar-refractivity contribution in [1.82, 2.24) is 4.98 Å². The lowest BCUT2D eigenvalue weighted by Gasteiger charge is -2.05. The van der Waals surface area contributed by atoms with E-state index in [9.17, 15) is 4.79 Å². The summed E-state index contributed by atoms with van der Waals surface area (Å²) in [7, 11) is 0. The van der Waals surface area contributed by atoms with Crippen molar-refractivity contribution in [3.8, 4) is 5.75 Å². The van der Waals surface area contributed by atoms with E-state index in [-0.39, 0.29) is 5.97 Å². The van der Waals surface area contributed by atoms with E-state index < -0.39 is 0 Å². The number of hydrogen-bond acceptors (Lipinski definition) is 4. The molecule has 0 saturated carbocycles. The molecular weight excluding hydrogens is 290 g/mol. The van der Waals surface area contributed by atoms with Gasteiger partial charge in [-0.25, -0.2) is 4.79 Å². The van der Waals surface area contributed by atoms with Crippen molar-refractivity contribution in [2.45, 2.75) is 13.5 Å². The van der Waals surface area contributed by atoms with Crippen molar-refractivity contribution in [2.24, 2.45) is 0 Å². The zero-order valence-corrected chi connectivity index (χ0v) is 13.0. The van der Waals surface area contributed by atoms with Gasteiger partial charge in [-0.2, -0.15) is 0 Å². The SMILES string of the molecule is CC=CCOC(=O)C=Cc1ccc(OCc2ccccn2)cc1. The quantitative estimate of drug-likeness (QED) is 0.443. The number of nitrogens with zero attached hydrogens (tertiary/aromatic N) is 1. The largest absolute Gasteiger partial charge is 0.487 e. The Morgan fingerprint density at radius 1 is 1.17 bits per heavy atom. The van der Waals surface area contributed by atoms with Gasteiger partial charge in [0.1, 0.15) is 19.0 Å². The number of esters is 1. The molecule has 4 nitrogen and oxygen atoms in total. The number of allylic oxidation sites excluding steroid dienone is 1. The number of aromatic nitrogens is 1. The molecular formula is C19H19NO3. The maximum atomic E-state index is 11.4. The van der Waals surface area contributed by atoms with Gasteiger partial charge in [-0.05, 0) is 42.8 Å². The molecule has 0 aliphatic rings. The molecule has 0 radical (unpaired) electrons. The lowest BCUT2D eigenvalue weighted by molar-refractivity contribution is -0.136. The molecule has 0 aliphatic heterocycles. The normalized spacial score (nSPS) is 11.0. The molecule has 0 unspecified atom stereocenters. The minimum Gasteiger partial charge on any atom is -0.487 e. The maximum absolute atomic E-state index is 11.4. The molecule has 0 spiro atoms. The molecule has 1 heterocycles. The second-order valence-electron chi connectivity index (χ2n) is 4.71. The van der Waals surface area contributed by atoms with Crippen LogP contribution in [0, 0.1) is 0 Å². The van der Waals surface area contributed by atoms with Gasteiger partial charge in [0.25, 0.3) is 0 Å². The average molecular weight is 309 g/mol. The van der Waals surface area contributed by atoms with E-state index in [1.54, 1.807) is 18.3 Å². The van der Waals surface area contributed by atoms with Crippen molar-refractivity contribution < 1.29 is 14.3 Å². The third kappa shape index (κ3) is 6.18. The number of hydrogen-bond donors (Lipinski definition) is 0. The first-order valence-electron chi connectivity index (χ1n) is 7.36. The van der Waals surface area contributed by atoms with Gasteiger partial charge in [0.2, 0.25) is 0 Å². The molecule has 0 aliphatic carbocycles. The molecule has 0 bridgehead atoms. The lowest BCUT2D eigenvalue weighted by atomic mass is 10.2. The molecule has 4 heteroatoms. The minimum absolute atomic E-state index is 0.292. The first-order chi connectivity index (χ1) is 11.3. The number of ether oxygens (including phenoxy) is 2. The van der Waals surface area contributed by atoms with E-state index in [0.717, 1.165) is 17.0 Å². The molecule has 1 aromatic carbocycles. The van der Waals surface area contributed by atoms with Gasteiger partial charge in [0, 0.05) is 12.3 Å². The molecule has 0 saturated heterocycles. The van der Waals surface area contributed by atoms with Gasteiger partial charge in [0.05, 0.1) is 5.69 Å². The van der Waals surface area contributed by atoms with Crippen molar-refractivity contribution in [3.05, 3.63) is 78.1 Å². The van der Waals surface area contributed by atoms with Gasteiger partial charge >= 0.3 is 5.97 Å². The van der Waals surface area contributed by atoms with Crippen LogP contribution in [0.1, 0.15) is 18.2 Å². The number of carbonyl (C=O) groups is 1. The van der Waals surface area contributed by atoms with Crippen LogP contribution in [0.3, 0.4) is 0 Å². The standard InChI is InChI=1S/C19H19NO3/c1-2-3-14-22-19(21)12-9-16-7-10-18(11-8-16)23-15-17-6-4-5-13-20-17/h2-13H,14-15H2,1H3. The predicted octanol–water partition coefficient (Wildman–Crippen LogP) is 3.79. The monoisotopic (exact) mass is 309 g/mol. The Kier molecular flexibility index (Phi) is 6.60. The summed E-state index contributed by atoms with van der Waals surface area (Å²) in [5.41, 5.74) is 1.78. The Morgan fingerprint density at radius 3 is 2.70 bits per heavy atom. The topological polar surface area (TPSA) is 48.4 Å². The van der Waals surface area contributed by atoms with E-state index in [2.05, 4.69) is 4.98 Å². The van der Waals surface area contributed by atoms with Gasteiger partial charge < -0.3 is 9.47 Å². The number of rotatable bonds is 7. The van der Waals surface area contributed by atoms with Gasteiger partial charge in [-0.1, -0.05) is 30.4 Å². The van der Waals surface area contributed by atoms with Gasteiger partial charge in [0.15, 0.2) is 0 Å². The summed E-state index contributed by atoms with van der Waals surface area (Å²) >= 11 is 0. The highest BCUT2D eigenvalue weighted by atomic mass is 16.5. The Labute approximate surface area is 136 Å². The molecule has 0 fully saturated rings. The fourth-order valence-electron chi connectivity index (χ4n) is 1.75. The molecule has 2 rings (SSSR count). The Morgan fingerprint density at radius 2 is 2.00 bits per heavy atom.